The highest BCUT2D eigenvalue weighted by Crippen LogP contribution is 2.24. The van der Waals surface area contributed by atoms with Crippen molar-refractivity contribution in [2.75, 3.05) is 48.7 Å². The molecule has 122 valence electrons. The van der Waals surface area contributed by atoms with Crippen LogP contribution >= 0.6 is 0 Å². The van der Waals surface area contributed by atoms with Gasteiger partial charge in [-0.15, -0.1) is 0 Å². The number of hydrogen-bond acceptors (Lipinski definition) is 7. The second-order valence-electron chi connectivity index (χ2n) is 7.53. The van der Waals surface area contributed by atoms with Gasteiger partial charge in [-0.1, -0.05) is 20.8 Å². The molecule has 0 spiro atoms. The molecule has 0 aliphatic carbocycles. The van der Waals surface area contributed by atoms with Crippen molar-refractivity contribution in [2.45, 2.75) is 39.7 Å². The van der Waals surface area contributed by atoms with Gasteiger partial charge >= 0.3 is 0 Å². The van der Waals surface area contributed by atoms with E-state index in [1.54, 1.807) is 0 Å². The molecule has 3 rings (SSSR count). The van der Waals surface area contributed by atoms with Gasteiger partial charge in [0.05, 0.1) is 0 Å². The van der Waals surface area contributed by atoms with Gasteiger partial charge in [-0.05, 0) is 31.3 Å². The lowest BCUT2D eigenvalue weighted by molar-refractivity contribution is 0.203. The van der Waals surface area contributed by atoms with E-state index >= 15 is 0 Å². The first-order valence-corrected chi connectivity index (χ1v) is 8.15. The minimum absolute atomic E-state index is 0.166. The number of nitrogens with zero attached hydrogens (tertiary/aromatic N) is 5. The topological polar surface area (TPSA) is 83.2 Å². The molecule has 0 amide bonds. The van der Waals surface area contributed by atoms with Crippen LogP contribution in [-0.2, 0) is 0 Å². The van der Waals surface area contributed by atoms with Gasteiger partial charge in [-0.25, -0.2) is 0 Å². The molecule has 0 atom stereocenters. The third-order valence-corrected chi connectivity index (χ3v) is 4.22. The number of nitrogens with two attached hydrogens (primary N) is 1. The van der Waals surface area contributed by atoms with Gasteiger partial charge in [-0.2, -0.15) is 15.0 Å². The van der Waals surface area contributed by atoms with E-state index in [9.17, 15) is 0 Å². The van der Waals surface area contributed by atoms with Gasteiger partial charge in [0.25, 0.3) is 0 Å². The van der Waals surface area contributed by atoms with Gasteiger partial charge in [0.2, 0.25) is 17.8 Å². The van der Waals surface area contributed by atoms with Crippen molar-refractivity contribution in [2.24, 2.45) is 5.41 Å². The Morgan fingerprint density at radius 1 is 1.14 bits per heavy atom. The van der Waals surface area contributed by atoms with Gasteiger partial charge in [0.15, 0.2) is 0 Å². The number of nitrogens with one attached hydrogen (secondary N) is 1. The van der Waals surface area contributed by atoms with Crippen molar-refractivity contribution in [3.63, 3.8) is 0 Å². The molecule has 3 N–H and O–H groups in total. The summed E-state index contributed by atoms with van der Waals surface area (Å²) in [6.45, 7) is 11.7. The molecule has 7 nitrogen and oxygen atoms in total. The van der Waals surface area contributed by atoms with E-state index in [0.29, 0.717) is 17.9 Å². The largest absolute Gasteiger partial charge is 0.368 e. The number of nitrogen functional groups attached to an aromatic ring is 1. The summed E-state index contributed by atoms with van der Waals surface area (Å²) in [5.74, 6) is 1.55. The number of aromatic nitrogens is 3. The number of hydrogen-bond donors (Lipinski definition) is 2. The smallest absolute Gasteiger partial charge is 0.232 e. The van der Waals surface area contributed by atoms with Crippen LogP contribution in [0.3, 0.4) is 0 Å². The van der Waals surface area contributed by atoms with Crippen molar-refractivity contribution in [3.8, 4) is 0 Å². The summed E-state index contributed by atoms with van der Waals surface area (Å²) in [5.41, 5.74) is 6.00. The van der Waals surface area contributed by atoms with Crippen LogP contribution in [0, 0.1) is 5.41 Å². The third-order valence-electron chi connectivity index (χ3n) is 4.22. The van der Waals surface area contributed by atoms with E-state index in [4.69, 9.17) is 5.73 Å². The van der Waals surface area contributed by atoms with Crippen molar-refractivity contribution >= 4 is 17.8 Å². The third kappa shape index (κ3) is 3.58. The van der Waals surface area contributed by atoms with Crippen LogP contribution in [0.4, 0.5) is 17.8 Å². The molecule has 7 heteroatoms. The van der Waals surface area contributed by atoms with Gasteiger partial charge < -0.3 is 16.0 Å². The van der Waals surface area contributed by atoms with E-state index in [1.807, 2.05) is 0 Å². The molecular formula is C15H27N7. The predicted molar refractivity (Wildman–Crippen MR) is 89.0 cm³/mol. The average molecular weight is 305 g/mol. The summed E-state index contributed by atoms with van der Waals surface area (Å²) >= 11 is 0. The number of rotatable bonds is 4. The summed E-state index contributed by atoms with van der Waals surface area (Å²) in [5, 5.41) is 3.26. The molecule has 0 bridgehead atoms. The highest BCUT2D eigenvalue weighted by molar-refractivity contribution is 5.44. The fourth-order valence-electron chi connectivity index (χ4n) is 2.90. The lowest BCUT2D eigenvalue weighted by Crippen LogP contribution is -2.59. The van der Waals surface area contributed by atoms with E-state index < -0.39 is 0 Å². The Morgan fingerprint density at radius 3 is 2.45 bits per heavy atom. The molecule has 3 heterocycles. The maximum absolute atomic E-state index is 5.83. The molecule has 0 aromatic carbocycles. The Hall–Kier alpha value is -1.63. The molecule has 22 heavy (non-hydrogen) atoms. The first-order chi connectivity index (χ1) is 10.4. The van der Waals surface area contributed by atoms with Crippen LogP contribution in [0.5, 0.6) is 0 Å². The molecule has 0 unspecified atom stereocenters. The maximum atomic E-state index is 5.83. The van der Waals surface area contributed by atoms with Crippen molar-refractivity contribution < 1.29 is 0 Å². The zero-order chi connectivity index (χ0) is 15.7. The van der Waals surface area contributed by atoms with Gasteiger partial charge in [0.1, 0.15) is 0 Å². The second kappa shape index (κ2) is 5.87. The molecular weight excluding hydrogens is 278 g/mol. The van der Waals surface area contributed by atoms with Crippen molar-refractivity contribution in [1.82, 2.24) is 19.9 Å². The average Bonchev–Trinajstić information content (AvgIpc) is 2.87. The minimum Gasteiger partial charge on any atom is -0.368 e. The highest BCUT2D eigenvalue weighted by atomic mass is 15.4. The number of likely N-dealkylation sites (tertiary alicyclic amines) is 1. The van der Waals surface area contributed by atoms with Crippen LogP contribution in [0.1, 0.15) is 33.6 Å². The quantitative estimate of drug-likeness (QED) is 0.864. The van der Waals surface area contributed by atoms with Crippen LogP contribution in [-0.4, -0.2) is 58.6 Å². The zero-order valence-electron chi connectivity index (χ0n) is 13.8. The monoisotopic (exact) mass is 305 g/mol. The Balaban J connectivity index is 1.61. The van der Waals surface area contributed by atoms with E-state index in [2.05, 4.69) is 50.8 Å². The standard InChI is InChI=1S/C15H27N7/c1-15(2,3)10-17-13-18-12(16)19-14(20-13)22-8-11(9-22)21-6-4-5-7-21/h11H,4-10H2,1-3H3,(H3,16,17,18,19,20). The lowest BCUT2D eigenvalue weighted by Gasteiger charge is -2.44. The molecule has 1 aromatic heterocycles. The summed E-state index contributed by atoms with van der Waals surface area (Å²) in [7, 11) is 0. The van der Waals surface area contributed by atoms with Crippen LogP contribution < -0.4 is 16.0 Å². The molecule has 2 saturated heterocycles. The first kappa shape index (κ1) is 15.3. The van der Waals surface area contributed by atoms with E-state index in [1.165, 1.54) is 25.9 Å². The molecule has 0 saturated carbocycles. The molecule has 0 radical (unpaired) electrons. The SMILES string of the molecule is CC(C)(C)CNc1nc(N)nc(N2CC(N3CCCC3)C2)n1. The Bertz CT molecular complexity index is 513. The predicted octanol–water partition coefficient (Wildman–Crippen LogP) is 1.20. The maximum Gasteiger partial charge on any atom is 0.232 e. The second-order valence-corrected chi connectivity index (χ2v) is 7.53. The normalized spacial score (nSPS) is 20.2. The van der Waals surface area contributed by atoms with Crippen molar-refractivity contribution in [1.29, 1.82) is 0 Å². The first-order valence-electron chi connectivity index (χ1n) is 8.15. The van der Waals surface area contributed by atoms with E-state index in [-0.39, 0.29) is 11.4 Å². The Kier molecular flexibility index (Phi) is 4.08. The summed E-state index contributed by atoms with van der Waals surface area (Å²) in [6.07, 6.45) is 2.66. The fraction of sp³-hybridized carbons (Fsp3) is 0.800. The minimum atomic E-state index is 0.166. The lowest BCUT2D eigenvalue weighted by atomic mass is 9.97. The van der Waals surface area contributed by atoms with Crippen LogP contribution in [0.15, 0.2) is 0 Å². The van der Waals surface area contributed by atoms with Gasteiger partial charge in [0, 0.05) is 25.7 Å². The molecule has 2 aliphatic rings. The molecule has 2 aliphatic heterocycles. The highest BCUT2D eigenvalue weighted by Gasteiger charge is 2.34. The van der Waals surface area contributed by atoms with Crippen molar-refractivity contribution in [3.05, 3.63) is 0 Å². The zero-order valence-corrected chi connectivity index (χ0v) is 13.8. The van der Waals surface area contributed by atoms with E-state index in [0.717, 1.165) is 19.6 Å². The summed E-state index contributed by atoms with van der Waals surface area (Å²) in [6, 6.07) is 0.645. The fourth-order valence-corrected chi connectivity index (χ4v) is 2.90. The summed E-state index contributed by atoms with van der Waals surface area (Å²) < 4.78 is 0. The number of anilines is 3. The Morgan fingerprint density at radius 2 is 1.82 bits per heavy atom. The molecule has 2 fully saturated rings. The summed E-state index contributed by atoms with van der Waals surface area (Å²) in [4.78, 5) is 17.7. The van der Waals surface area contributed by atoms with Gasteiger partial charge in [-0.3, -0.25) is 4.90 Å². The van der Waals surface area contributed by atoms with Crippen LogP contribution in [0.2, 0.25) is 0 Å². The molecule has 1 aromatic rings. The van der Waals surface area contributed by atoms with Crippen LogP contribution in [0.25, 0.3) is 0 Å². The Labute approximate surface area is 132 Å².